The first-order valence-corrected chi connectivity index (χ1v) is 9.90. The minimum atomic E-state index is -0.0652. The molecule has 0 saturated heterocycles. The Balaban J connectivity index is 1.54. The maximum Gasteiger partial charge on any atom is 0.226 e. The van der Waals surface area contributed by atoms with Crippen molar-refractivity contribution in [2.75, 3.05) is 14.2 Å². The van der Waals surface area contributed by atoms with Gasteiger partial charge in [-0.1, -0.05) is 6.07 Å². The lowest BCUT2D eigenvalue weighted by atomic mass is 10.1. The van der Waals surface area contributed by atoms with Gasteiger partial charge in [0, 0.05) is 29.0 Å². The first kappa shape index (κ1) is 18.9. The molecule has 0 aliphatic rings. The number of nitrogens with zero attached hydrogens (tertiary/aromatic N) is 3. The molecule has 0 unspecified atom stereocenters. The number of imidazole rings is 1. The fourth-order valence-corrected chi connectivity index (χ4v) is 3.89. The smallest absolute Gasteiger partial charge is 0.226 e. The second-order valence-electron chi connectivity index (χ2n) is 6.35. The van der Waals surface area contributed by atoms with Gasteiger partial charge in [0.1, 0.15) is 11.5 Å². The number of fused-ring (bicyclic) bond motifs is 1. The Hall–Kier alpha value is -3.39. The summed E-state index contributed by atoms with van der Waals surface area (Å²) in [5.41, 5.74) is 3.31. The van der Waals surface area contributed by atoms with Crippen molar-refractivity contribution in [1.82, 2.24) is 19.7 Å². The van der Waals surface area contributed by atoms with Crippen molar-refractivity contribution < 1.29 is 14.3 Å². The number of thiazole rings is 1. The number of hydrogen-bond donors (Lipinski definition) is 1. The van der Waals surface area contributed by atoms with Crippen LogP contribution in [0.4, 0.5) is 0 Å². The molecule has 0 fully saturated rings. The summed E-state index contributed by atoms with van der Waals surface area (Å²) in [4.78, 5) is 22.1. The fourth-order valence-electron chi connectivity index (χ4n) is 3.02. The number of carbonyl (C=O) groups excluding carboxylic acids is 1. The van der Waals surface area contributed by atoms with Gasteiger partial charge >= 0.3 is 0 Å². The van der Waals surface area contributed by atoms with Gasteiger partial charge < -0.3 is 14.8 Å². The van der Waals surface area contributed by atoms with Crippen LogP contribution in [0.5, 0.6) is 11.5 Å². The average Bonchev–Trinajstić information content (AvgIpc) is 3.34. The second kappa shape index (κ2) is 8.32. The zero-order chi connectivity index (χ0) is 20.2. The van der Waals surface area contributed by atoms with Crippen molar-refractivity contribution >= 4 is 22.2 Å². The van der Waals surface area contributed by atoms with Gasteiger partial charge in [-0.05, 0) is 30.3 Å². The molecule has 1 aromatic carbocycles. The van der Waals surface area contributed by atoms with Gasteiger partial charge in [0.05, 0.1) is 38.6 Å². The van der Waals surface area contributed by atoms with E-state index >= 15 is 0 Å². The maximum absolute atomic E-state index is 12.4. The largest absolute Gasteiger partial charge is 0.497 e. The van der Waals surface area contributed by atoms with Crippen molar-refractivity contribution in [3.05, 3.63) is 65.6 Å². The molecule has 4 aromatic rings. The van der Waals surface area contributed by atoms with Gasteiger partial charge in [0.2, 0.25) is 5.91 Å². The third kappa shape index (κ3) is 4.07. The number of ether oxygens (including phenoxy) is 2. The van der Waals surface area contributed by atoms with Crippen LogP contribution in [0.3, 0.4) is 0 Å². The minimum absolute atomic E-state index is 0.0652. The molecule has 8 heteroatoms. The summed E-state index contributed by atoms with van der Waals surface area (Å²) in [6.45, 7) is 0.406. The maximum atomic E-state index is 12.4. The lowest BCUT2D eigenvalue weighted by Gasteiger charge is -2.08. The average molecular weight is 408 g/mol. The predicted octanol–water partition coefficient (Wildman–Crippen LogP) is 3.33. The topological polar surface area (TPSA) is 77.8 Å². The monoisotopic (exact) mass is 408 g/mol. The van der Waals surface area contributed by atoms with Crippen LogP contribution in [0.2, 0.25) is 0 Å². The molecular formula is C21H20N4O3S. The standard InChI is InChI=1S/C21H20N4O3S/c1-27-16-6-7-19(28-2)17(10-16)18-12-25-15(13-29-21(25)24-18)9-20(26)23-11-14-5-3-4-8-22-14/h3-8,10,12-13H,9,11H2,1-2H3,(H,23,26). The quantitative estimate of drug-likeness (QED) is 0.508. The molecule has 4 rings (SSSR count). The van der Waals surface area contributed by atoms with Crippen molar-refractivity contribution in [3.63, 3.8) is 0 Å². The molecule has 0 atom stereocenters. The number of nitrogens with one attached hydrogen (secondary N) is 1. The van der Waals surface area contributed by atoms with Gasteiger partial charge in [-0.3, -0.25) is 14.2 Å². The van der Waals surface area contributed by atoms with E-state index in [1.165, 1.54) is 11.3 Å². The molecule has 0 saturated carbocycles. The minimum Gasteiger partial charge on any atom is -0.497 e. The predicted molar refractivity (Wildman–Crippen MR) is 111 cm³/mol. The third-order valence-corrected chi connectivity index (χ3v) is 5.39. The zero-order valence-electron chi connectivity index (χ0n) is 16.1. The lowest BCUT2D eigenvalue weighted by molar-refractivity contribution is -0.120. The molecule has 0 aliphatic carbocycles. The zero-order valence-corrected chi connectivity index (χ0v) is 16.9. The molecule has 3 heterocycles. The van der Waals surface area contributed by atoms with Crippen molar-refractivity contribution in [2.24, 2.45) is 0 Å². The van der Waals surface area contributed by atoms with E-state index in [1.807, 2.05) is 52.4 Å². The molecule has 0 bridgehead atoms. The van der Waals surface area contributed by atoms with E-state index in [1.54, 1.807) is 20.4 Å². The second-order valence-corrected chi connectivity index (χ2v) is 7.18. The Bertz CT molecular complexity index is 1140. The highest BCUT2D eigenvalue weighted by atomic mass is 32.1. The Kier molecular flexibility index (Phi) is 5.44. The van der Waals surface area contributed by atoms with Crippen LogP contribution >= 0.6 is 11.3 Å². The molecule has 3 aromatic heterocycles. The first-order valence-electron chi connectivity index (χ1n) is 9.02. The van der Waals surface area contributed by atoms with Crippen LogP contribution < -0.4 is 14.8 Å². The molecular weight excluding hydrogens is 388 g/mol. The summed E-state index contributed by atoms with van der Waals surface area (Å²) in [6, 6.07) is 11.2. The van der Waals surface area contributed by atoms with Gasteiger partial charge in [-0.15, -0.1) is 11.3 Å². The van der Waals surface area contributed by atoms with Crippen molar-refractivity contribution in [1.29, 1.82) is 0 Å². The Morgan fingerprint density at radius 1 is 1.21 bits per heavy atom. The van der Waals surface area contributed by atoms with E-state index in [9.17, 15) is 4.79 Å². The molecule has 148 valence electrons. The highest BCUT2D eigenvalue weighted by Gasteiger charge is 2.15. The highest BCUT2D eigenvalue weighted by Crippen LogP contribution is 2.34. The van der Waals surface area contributed by atoms with Gasteiger partial charge in [-0.2, -0.15) is 0 Å². The number of hydrogen-bond acceptors (Lipinski definition) is 6. The molecule has 1 amide bonds. The third-order valence-electron chi connectivity index (χ3n) is 4.50. The van der Waals surface area contributed by atoms with Gasteiger partial charge in [0.15, 0.2) is 4.96 Å². The Morgan fingerprint density at radius 2 is 2.10 bits per heavy atom. The molecule has 0 radical (unpaired) electrons. The van der Waals surface area contributed by atoms with Crippen LogP contribution in [-0.4, -0.2) is 34.5 Å². The van der Waals surface area contributed by atoms with E-state index in [-0.39, 0.29) is 12.3 Å². The lowest BCUT2D eigenvalue weighted by Crippen LogP contribution is -2.25. The number of carbonyl (C=O) groups is 1. The number of aromatic nitrogens is 3. The van der Waals surface area contributed by atoms with Crippen LogP contribution in [-0.2, 0) is 17.8 Å². The molecule has 0 aliphatic heterocycles. The Morgan fingerprint density at radius 3 is 2.86 bits per heavy atom. The normalized spacial score (nSPS) is 10.8. The number of amides is 1. The number of methoxy groups -OCH3 is 2. The Labute approximate surface area is 172 Å². The van der Waals surface area contributed by atoms with Crippen LogP contribution in [0.1, 0.15) is 11.4 Å². The van der Waals surface area contributed by atoms with Gasteiger partial charge in [0.25, 0.3) is 0 Å². The summed E-state index contributed by atoms with van der Waals surface area (Å²) < 4.78 is 12.7. The number of benzene rings is 1. The van der Waals surface area contributed by atoms with Gasteiger partial charge in [-0.25, -0.2) is 4.98 Å². The fraction of sp³-hybridized carbons (Fsp3) is 0.190. The number of pyridine rings is 1. The van der Waals surface area contributed by atoms with E-state index in [2.05, 4.69) is 10.3 Å². The first-order chi connectivity index (χ1) is 14.2. The van der Waals surface area contributed by atoms with Crippen molar-refractivity contribution in [3.8, 4) is 22.8 Å². The molecule has 29 heavy (non-hydrogen) atoms. The number of rotatable bonds is 7. The van der Waals surface area contributed by atoms with E-state index < -0.39 is 0 Å². The SMILES string of the molecule is COc1ccc(OC)c(-c2cn3c(CC(=O)NCc4ccccn4)csc3n2)c1. The van der Waals surface area contributed by atoms with Crippen LogP contribution in [0, 0.1) is 0 Å². The highest BCUT2D eigenvalue weighted by molar-refractivity contribution is 7.15. The van der Waals surface area contributed by atoms with E-state index in [0.29, 0.717) is 12.3 Å². The summed E-state index contributed by atoms with van der Waals surface area (Å²) in [7, 11) is 3.25. The summed E-state index contributed by atoms with van der Waals surface area (Å²) in [6.07, 6.45) is 3.89. The summed E-state index contributed by atoms with van der Waals surface area (Å²) in [5.74, 6) is 1.38. The summed E-state index contributed by atoms with van der Waals surface area (Å²) >= 11 is 1.50. The molecule has 1 N–H and O–H groups in total. The van der Waals surface area contributed by atoms with Crippen molar-refractivity contribution in [2.45, 2.75) is 13.0 Å². The molecule has 7 nitrogen and oxygen atoms in total. The van der Waals surface area contributed by atoms with Crippen LogP contribution in [0.25, 0.3) is 16.2 Å². The molecule has 0 spiro atoms. The van der Waals surface area contributed by atoms with E-state index in [4.69, 9.17) is 14.5 Å². The van der Waals surface area contributed by atoms with Crippen LogP contribution in [0.15, 0.2) is 54.2 Å². The van der Waals surface area contributed by atoms with E-state index in [0.717, 1.165) is 33.4 Å². The summed E-state index contributed by atoms with van der Waals surface area (Å²) in [5, 5.41) is 4.86.